The second kappa shape index (κ2) is 6.52. The lowest BCUT2D eigenvalue weighted by Gasteiger charge is -2.28. The highest BCUT2D eigenvalue weighted by molar-refractivity contribution is 8.00. The van der Waals surface area contributed by atoms with E-state index in [1.165, 1.54) is 10.5 Å². The molecular weight excluding hydrogens is 288 g/mol. The molecule has 0 radical (unpaired) electrons. The summed E-state index contributed by atoms with van der Waals surface area (Å²) in [6.07, 6.45) is 1.35. The number of ether oxygens (including phenoxy) is 1. The number of carboxylic acids is 1. The molecule has 4 nitrogen and oxygen atoms in total. The zero-order valence-electron chi connectivity index (χ0n) is 12.3. The number of hydrogen-bond donors (Lipinski definition) is 1. The van der Waals surface area contributed by atoms with E-state index in [9.17, 15) is 14.7 Å². The van der Waals surface area contributed by atoms with Crippen molar-refractivity contribution in [1.29, 1.82) is 0 Å². The van der Waals surface area contributed by atoms with Gasteiger partial charge in [-0.1, -0.05) is 25.1 Å². The molecule has 114 valence electrons. The molecule has 0 aliphatic carbocycles. The van der Waals surface area contributed by atoms with Crippen LogP contribution >= 0.6 is 11.8 Å². The minimum Gasteiger partial charge on any atom is -0.480 e. The van der Waals surface area contributed by atoms with E-state index in [-0.39, 0.29) is 18.3 Å². The molecule has 1 heterocycles. The van der Waals surface area contributed by atoms with Gasteiger partial charge in [-0.25, -0.2) is 0 Å². The molecule has 2 unspecified atom stereocenters. The van der Waals surface area contributed by atoms with E-state index in [4.69, 9.17) is 4.74 Å². The molecule has 0 spiro atoms. The minimum absolute atomic E-state index is 0.0999. The third kappa shape index (κ3) is 3.07. The zero-order valence-corrected chi connectivity index (χ0v) is 13.1. The number of fused-ring (bicyclic) bond motifs is 1. The van der Waals surface area contributed by atoms with Crippen LogP contribution in [0.25, 0.3) is 0 Å². The van der Waals surface area contributed by atoms with Crippen molar-refractivity contribution in [3.63, 3.8) is 0 Å². The fraction of sp³-hybridized carbons (Fsp3) is 0.500. The molecule has 0 saturated carbocycles. The number of rotatable bonds is 6. The van der Waals surface area contributed by atoms with Gasteiger partial charge < -0.3 is 9.84 Å². The summed E-state index contributed by atoms with van der Waals surface area (Å²) in [5, 5.41) is 9.69. The van der Waals surface area contributed by atoms with E-state index in [1.54, 1.807) is 25.6 Å². The highest BCUT2D eigenvalue weighted by Crippen LogP contribution is 2.43. The van der Waals surface area contributed by atoms with Crippen molar-refractivity contribution >= 4 is 23.7 Å². The quantitative estimate of drug-likeness (QED) is 0.646. The fourth-order valence-electron chi connectivity index (χ4n) is 2.72. The first kappa shape index (κ1) is 15.9. The van der Waals surface area contributed by atoms with Crippen LogP contribution in [0.1, 0.15) is 32.3 Å². The maximum atomic E-state index is 12.2. The van der Waals surface area contributed by atoms with Crippen LogP contribution in [0.2, 0.25) is 0 Å². The van der Waals surface area contributed by atoms with Crippen LogP contribution in [0.4, 0.5) is 0 Å². The van der Waals surface area contributed by atoms with E-state index in [2.05, 4.69) is 6.07 Å². The summed E-state index contributed by atoms with van der Waals surface area (Å²) in [7, 11) is 0. The van der Waals surface area contributed by atoms with Gasteiger partial charge in [0.2, 0.25) is 0 Å². The maximum Gasteiger partial charge on any atom is 0.323 e. The molecule has 1 aromatic carbocycles. The first-order valence-corrected chi connectivity index (χ1v) is 8.06. The largest absolute Gasteiger partial charge is 0.480 e. The first-order chi connectivity index (χ1) is 10.0. The van der Waals surface area contributed by atoms with Crippen molar-refractivity contribution in [1.82, 2.24) is 0 Å². The zero-order chi connectivity index (χ0) is 15.5. The molecule has 5 heteroatoms. The lowest BCUT2D eigenvalue weighted by Crippen LogP contribution is -2.42. The first-order valence-electron chi connectivity index (χ1n) is 7.18. The van der Waals surface area contributed by atoms with E-state index >= 15 is 0 Å². The van der Waals surface area contributed by atoms with Gasteiger partial charge in [-0.2, -0.15) is 0 Å². The molecule has 0 bridgehead atoms. The standard InChI is InChI=1S/C16H20O4S/c1-3-16(14(17)18,15(19)20-4-2)10-12-9-11-7-5-6-8-13(11)21-12/h5-8,12H,3-4,9-10H2,1-2H3,(H,17,18). The normalized spacial score (nSPS) is 19.6. The van der Waals surface area contributed by atoms with Gasteiger partial charge in [-0.3, -0.25) is 9.59 Å². The lowest BCUT2D eigenvalue weighted by molar-refractivity contribution is -0.169. The molecule has 1 aromatic rings. The molecule has 2 atom stereocenters. The molecule has 1 aliphatic heterocycles. The fourth-order valence-corrected chi connectivity index (χ4v) is 4.17. The molecule has 0 aromatic heterocycles. The highest BCUT2D eigenvalue weighted by atomic mass is 32.2. The van der Waals surface area contributed by atoms with Crippen LogP contribution in [0.3, 0.4) is 0 Å². The van der Waals surface area contributed by atoms with E-state index in [0.717, 1.165) is 6.42 Å². The Morgan fingerprint density at radius 3 is 2.67 bits per heavy atom. The van der Waals surface area contributed by atoms with Crippen molar-refractivity contribution in [2.75, 3.05) is 6.61 Å². The number of carbonyl (C=O) groups excluding carboxylic acids is 1. The van der Waals surface area contributed by atoms with Crippen LogP contribution in [0, 0.1) is 5.41 Å². The number of carbonyl (C=O) groups is 2. The molecule has 1 N–H and O–H groups in total. The monoisotopic (exact) mass is 308 g/mol. The van der Waals surface area contributed by atoms with E-state index < -0.39 is 17.4 Å². The summed E-state index contributed by atoms with van der Waals surface area (Å²) in [6.45, 7) is 3.63. The van der Waals surface area contributed by atoms with Crippen molar-refractivity contribution in [3.8, 4) is 0 Å². The second-order valence-corrected chi connectivity index (χ2v) is 6.56. The second-order valence-electron chi connectivity index (χ2n) is 5.22. The Labute approximate surface area is 128 Å². The Hall–Kier alpha value is -1.49. The van der Waals surface area contributed by atoms with Crippen molar-refractivity contribution in [2.45, 2.75) is 43.3 Å². The lowest BCUT2D eigenvalue weighted by atomic mass is 9.79. The summed E-state index contributed by atoms with van der Waals surface area (Å²) in [4.78, 5) is 25.1. The summed E-state index contributed by atoms with van der Waals surface area (Å²) < 4.78 is 5.02. The summed E-state index contributed by atoms with van der Waals surface area (Å²) in [6, 6.07) is 8.06. The average molecular weight is 308 g/mol. The molecular formula is C16H20O4S. The molecule has 1 aliphatic rings. The molecule has 21 heavy (non-hydrogen) atoms. The smallest absolute Gasteiger partial charge is 0.323 e. The Bertz CT molecular complexity index is 518. The Kier molecular flexibility index (Phi) is 4.93. The van der Waals surface area contributed by atoms with Gasteiger partial charge in [-0.05, 0) is 37.8 Å². The van der Waals surface area contributed by atoms with E-state index in [0.29, 0.717) is 6.42 Å². The van der Waals surface area contributed by atoms with Crippen LogP contribution in [0.5, 0.6) is 0 Å². The van der Waals surface area contributed by atoms with E-state index in [1.807, 2.05) is 18.2 Å². The summed E-state index contributed by atoms with van der Waals surface area (Å²) in [5.74, 6) is -1.70. The number of hydrogen-bond acceptors (Lipinski definition) is 4. The third-order valence-electron chi connectivity index (χ3n) is 3.97. The molecule has 0 amide bonds. The molecule has 0 saturated heterocycles. The van der Waals surface area contributed by atoms with Gasteiger partial charge >= 0.3 is 11.9 Å². The Morgan fingerprint density at radius 1 is 1.38 bits per heavy atom. The van der Waals surface area contributed by atoms with Gasteiger partial charge in [0.1, 0.15) is 0 Å². The summed E-state index contributed by atoms with van der Waals surface area (Å²) in [5.41, 5.74) is -0.206. The van der Waals surface area contributed by atoms with Gasteiger partial charge in [0.15, 0.2) is 5.41 Å². The van der Waals surface area contributed by atoms with Gasteiger partial charge in [0.25, 0.3) is 0 Å². The van der Waals surface area contributed by atoms with Crippen LogP contribution < -0.4 is 0 Å². The Morgan fingerprint density at radius 2 is 2.10 bits per heavy atom. The predicted octanol–water partition coefficient (Wildman–Crippen LogP) is 3.14. The van der Waals surface area contributed by atoms with Gasteiger partial charge in [0, 0.05) is 10.1 Å². The number of benzene rings is 1. The topological polar surface area (TPSA) is 63.6 Å². The van der Waals surface area contributed by atoms with Crippen molar-refractivity contribution in [2.24, 2.45) is 5.41 Å². The third-order valence-corrected chi connectivity index (χ3v) is 5.29. The number of carboxylic acid groups (broad SMARTS) is 1. The number of aliphatic carboxylic acids is 1. The van der Waals surface area contributed by atoms with Crippen molar-refractivity contribution < 1.29 is 19.4 Å². The number of thioether (sulfide) groups is 1. The SMILES string of the molecule is CCOC(=O)C(CC)(CC1Cc2ccccc2S1)C(=O)O. The predicted molar refractivity (Wildman–Crippen MR) is 81.4 cm³/mol. The van der Waals surface area contributed by atoms with Crippen LogP contribution in [-0.2, 0) is 20.7 Å². The average Bonchev–Trinajstić information content (AvgIpc) is 2.86. The minimum atomic E-state index is -1.43. The van der Waals surface area contributed by atoms with Crippen LogP contribution in [0.15, 0.2) is 29.2 Å². The maximum absolute atomic E-state index is 12.2. The van der Waals surface area contributed by atoms with Crippen LogP contribution in [-0.4, -0.2) is 28.9 Å². The molecule has 2 rings (SSSR count). The number of esters is 1. The summed E-state index contributed by atoms with van der Waals surface area (Å²) >= 11 is 1.66. The van der Waals surface area contributed by atoms with Crippen molar-refractivity contribution in [3.05, 3.63) is 29.8 Å². The van der Waals surface area contributed by atoms with Gasteiger partial charge in [-0.15, -0.1) is 11.8 Å². The Balaban J connectivity index is 2.18. The van der Waals surface area contributed by atoms with Gasteiger partial charge in [0.05, 0.1) is 6.61 Å². The molecule has 0 fully saturated rings. The highest BCUT2D eigenvalue weighted by Gasteiger charge is 2.48.